The first kappa shape index (κ1) is 19.1. The minimum absolute atomic E-state index is 0.0323. The van der Waals surface area contributed by atoms with Crippen molar-refractivity contribution in [3.05, 3.63) is 58.6 Å². The molecule has 0 N–H and O–H groups in total. The van der Waals surface area contributed by atoms with Crippen LogP contribution in [0, 0.1) is 17.6 Å². The number of unbranched alkanes of at least 4 members (excludes halogenated alkanes) is 1. The van der Waals surface area contributed by atoms with Gasteiger partial charge in [0.1, 0.15) is 11.1 Å². The summed E-state index contributed by atoms with van der Waals surface area (Å²) in [7, 11) is -3.96. The minimum atomic E-state index is -3.96. The smallest absolute Gasteiger partial charge is 0.186 e. The fraction of sp³-hybridized carbons (Fsp3) is 0.368. The van der Waals surface area contributed by atoms with Crippen molar-refractivity contribution in [3.63, 3.8) is 0 Å². The molecule has 0 radical (unpaired) electrons. The zero-order valence-corrected chi connectivity index (χ0v) is 15.8. The van der Waals surface area contributed by atoms with E-state index in [1.807, 2.05) is 6.92 Å². The van der Waals surface area contributed by atoms with Crippen LogP contribution in [0.2, 0.25) is 5.02 Å². The molecule has 0 saturated carbocycles. The van der Waals surface area contributed by atoms with Gasteiger partial charge in [-0.3, -0.25) is 0 Å². The quantitative estimate of drug-likeness (QED) is 0.681. The molecule has 7 heteroatoms. The van der Waals surface area contributed by atoms with Gasteiger partial charge in [-0.05, 0) is 42.8 Å². The zero-order valence-electron chi connectivity index (χ0n) is 14.2. The molecular formula is C19H19ClF2O3S. The lowest BCUT2D eigenvalue weighted by Crippen LogP contribution is -2.33. The van der Waals surface area contributed by atoms with Crippen LogP contribution in [-0.4, -0.2) is 15.0 Å². The van der Waals surface area contributed by atoms with Crippen LogP contribution in [0.1, 0.15) is 37.0 Å². The number of fused-ring (bicyclic) bond motifs is 1. The predicted molar refractivity (Wildman–Crippen MR) is 96.2 cm³/mol. The van der Waals surface area contributed by atoms with Crippen LogP contribution in [-0.2, 0) is 9.84 Å². The van der Waals surface area contributed by atoms with Gasteiger partial charge in [0, 0.05) is 10.9 Å². The predicted octanol–water partition coefficient (Wildman–Crippen LogP) is 5.33. The topological polar surface area (TPSA) is 43.4 Å². The van der Waals surface area contributed by atoms with Crippen LogP contribution in [0.15, 0.2) is 41.3 Å². The van der Waals surface area contributed by atoms with Crippen LogP contribution in [0.4, 0.5) is 8.78 Å². The van der Waals surface area contributed by atoms with Crippen molar-refractivity contribution in [3.8, 4) is 5.75 Å². The molecule has 3 nitrogen and oxygen atoms in total. The zero-order chi connectivity index (χ0) is 18.9. The summed E-state index contributed by atoms with van der Waals surface area (Å²) in [6.45, 7) is 2.02. The minimum Gasteiger partial charge on any atom is -0.490 e. The van der Waals surface area contributed by atoms with Crippen LogP contribution in [0.25, 0.3) is 0 Å². The van der Waals surface area contributed by atoms with Gasteiger partial charge in [-0.15, -0.1) is 0 Å². The van der Waals surface area contributed by atoms with Gasteiger partial charge in [0.05, 0.1) is 17.1 Å². The van der Waals surface area contributed by atoms with E-state index in [2.05, 4.69) is 0 Å². The van der Waals surface area contributed by atoms with E-state index in [4.69, 9.17) is 16.3 Å². The number of ether oxygens (including phenoxy) is 1. The average Bonchev–Trinajstić information content (AvgIpc) is 2.62. The highest BCUT2D eigenvalue weighted by atomic mass is 35.5. The molecule has 26 heavy (non-hydrogen) atoms. The monoisotopic (exact) mass is 400 g/mol. The summed E-state index contributed by atoms with van der Waals surface area (Å²) in [6.07, 6.45) is 2.18. The summed E-state index contributed by atoms with van der Waals surface area (Å²) in [5.74, 6) is -2.29. The van der Waals surface area contributed by atoms with Gasteiger partial charge in [0.2, 0.25) is 0 Å². The fourth-order valence-corrected chi connectivity index (χ4v) is 5.54. The number of hydrogen-bond acceptors (Lipinski definition) is 3. The van der Waals surface area contributed by atoms with Gasteiger partial charge < -0.3 is 4.74 Å². The second kappa shape index (κ2) is 7.53. The van der Waals surface area contributed by atoms with Gasteiger partial charge in [-0.25, -0.2) is 17.2 Å². The highest BCUT2D eigenvalue weighted by Gasteiger charge is 2.43. The molecule has 1 heterocycles. The van der Waals surface area contributed by atoms with Gasteiger partial charge in [-0.2, -0.15) is 0 Å². The van der Waals surface area contributed by atoms with Crippen LogP contribution in [0.5, 0.6) is 5.75 Å². The Hall–Kier alpha value is -1.66. The van der Waals surface area contributed by atoms with Crippen LogP contribution >= 0.6 is 11.6 Å². The average molecular weight is 401 g/mol. The Balaban J connectivity index is 2.16. The highest BCUT2D eigenvalue weighted by Crippen LogP contribution is 2.47. The Bertz CT molecular complexity index is 898. The van der Waals surface area contributed by atoms with Gasteiger partial charge in [-0.1, -0.05) is 31.4 Å². The number of benzene rings is 2. The van der Waals surface area contributed by atoms with Crippen molar-refractivity contribution in [1.82, 2.24) is 0 Å². The molecule has 2 aromatic rings. The third-order valence-electron chi connectivity index (χ3n) is 4.65. The molecule has 140 valence electrons. The van der Waals surface area contributed by atoms with Crippen molar-refractivity contribution >= 4 is 21.4 Å². The first-order valence-electron chi connectivity index (χ1n) is 8.46. The molecule has 0 saturated heterocycles. The third kappa shape index (κ3) is 3.45. The van der Waals surface area contributed by atoms with Gasteiger partial charge in [0.25, 0.3) is 0 Å². The second-order valence-electron chi connectivity index (χ2n) is 6.40. The molecule has 1 aliphatic heterocycles. The molecule has 0 bridgehead atoms. The van der Waals surface area contributed by atoms with Gasteiger partial charge >= 0.3 is 0 Å². The fourth-order valence-electron chi connectivity index (χ4n) is 3.35. The molecular weight excluding hydrogens is 382 g/mol. The Kier molecular flexibility index (Phi) is 5.53. The molecule has 0 unspecified atom stereocenters. The summed E-state index contributed by atoms with van der Waals surface area (Å²) in [5, 5.41) is -0.800. The standard InChI is InChI=1S/C19H19ClF2O3S/c1-2-3-4-12-11-25-18-16(22)10-9-15(21)17(18)19(12)26(23,24)14-7-5-13(20)6-8-14/h5-10,12,19H,2-4,11H2,1H3/t12-,19+/m0/s1. The van der Waals surface area contributed by atoms with E-state index in [1.165, 1.54) is 24.3 Å². The molecule has 0 spiro atoms. The molecule has 0 aliphatic carbocycles. The summed E-state index contributed by atoms with van der Waals surface area (Å²) >= 11 is 5.85. The van der Waals surface area contributed by atoms with E-state index < -0.39 is 32.6 Å². The van der Waals surface area contributed by atoms with Crippen molar-refractivity contribution in [2.75, 3.05) is 6.61 Å². The van der Waals surface area contributed by atoms with Gasteiger partial charge in [0.15, 0.2) is 21.4 Å². The maximum Gasteiger partial charge on any atom is 0.186 e. The van der Waals surface area contributed by atoms with E-state index in [1.54, 1.807) is 0 Å². The van der Waals surface area contributed by atoms with Crippen molar-refractivity contribution in [1.29, 1.82) is 0 Å². The van der Waals surface area contributed by atoms with Crippen LogP contribution < -0.4 is 4.74 Å². The van der Waals surface area contributed by atoms with Crippen molar-refractivity contribution in [2.45, 2.75) is 36.3 Å². The third-order valence-corrected chi connectivity index (χ3v) is 7.12. The SMILES string of the molecule is CCCC[C@H]1COc2c(F)ccc(F)c2[C@@H]1S(=O)(=O)c1ccc(Cl)cc1. The maximum atomic E-state index is 14.6. The normalized spacial score (nSPS) is 19.7. The molecule has 3 rings (SSSR count). The molecule has 0 aromatic heterocycles. The van der Waals surface area contributed by atoms with Crippen molar-refractivity contribution in [2.24, 2.45) is 5.92 Å². The number of halogens is 3. The Morgan fingerprint density at radius 3 is 2.42 bits per heavy atom. The van der Waals surface area contributed by atoms with E-state index in [9.17, 15) is 17.2 Å². The van der Waals surface area contributed by atoms with E-state index in [0.717, 1.165) is 25.0 Å². The lowest BCUT2D eigenvalue weighted by atomic mass is 9.91. The Morgan fingerprint density at radius 1 is 1.12 bits per heavy atom. The molecule has 2 atom stereocenters. The van der Waals surface area contributed by atoms with E-state index >= 15 is 0 Å². The first-order chi connectivity index (χ1) is 12.4. The lowest BCUT2D eigenvalue weighted by molar-refractivity contribution is 0.193. The molecule has 2 aromatic carbocycles. The summed E-state index contributed by atoms with van der Waals surface area (Å²) in [5.41, 5.74) is -0.215. The Labute approximate surface area is 156 Å². The highest BCUT2D eigenvalue weighted by molar-refractivity contribution is 7.91. The lowest BCUT2D eigenvalue weighted by Gasteiger charge is -2.33. The number of rotatable bonds is 5. The second-order valence-corrected chi connectivity index (χ2v) is 8.91. The van der Waals surface area contributed by atoms with E-state index in [-0.39, 0.29) is 22.8 Å². The summed E-state index contributed by atoms with van der Waals surface area (Å²) in [6, 6.07) is 7.62. The van der Waals surface area contributed by atoms with Crippen LogP contribution in [0.3, 0.4) is 0 Å². The largest absolute Gasteiger partial charge is 0.490 e. The molecule has 0 amide bonds. The maximum absolute atomic E-state index is 14.6. The van der Waals surface area contributed by atoms with Crippen molar-refractivity contribution < 1.29 is 21.9 Å². The summed E-state index contributed by atoms with van der Waals surface area (Å²) < 4.78 is 60.8. The Morgan fingerprint density at radius 2 is 1.77 bits per heavy atom. The summed E-state index contributed by atoms with van der Waals surface area (Å²) in [4.78, 5) is 0.0323. The first-order valence-corrected chi connectivity index (χ1v) is 10.4. The number of hydrogen-bond donors (Lipinski definition) is 0. The number of sulfone groups is 1. The molecule has 0 fully saturated rings. The molecule has 1 aliphatic rings. The van der Waals surface area contributed by atoms with E-state index in [0.29, 0.717) is 11.4 Å².